The molecule has 0 saturated carbocycles. The van der Waals surface area contributed by atoms with Crippen LogP contribution in [0.15, 0.2) is 122 Å². The van der Waals surface area contributed by atoms with Gasteiger partial charge in [-0.3, -0.25) is 14.5 Å². The smallest absolute Gasteiger partial charge is 0.138 e. The van der Waals surface area contributed by atoms with Crippen LogP contribution in [0.1, 0.15) is 0 Å². The van der Waals surface area contributed by atoms with Gasteiger partial charge in [-0.25, -0.2) is 4.98 Å². The van der Waals surface area contributed by atoms with Crippen molar-refractivity contribution < 1.29 is 0 Å². The van der Waals surface area contributed by atoms with E-state index in [0.29, 0.717) is 0 Å². The summed E-state index contributed by atoms with van der Waals surface area (Å²) in [6.45, 7) is 0. The van der Waals surface area contributed by atoms with Gasteiger partial charge >= 0.3 is 0 Å². The van der Waals surface area contributed by atoms with E-state index in [1.165, 1.54) is 20.2 Å². The minimum atomic E-state index is 0.860. The lowest BCUT2D eigenvalue weighted by molar-refractivity contribution is 1.08. The first kappa shape index (κ1) is 21.2. The Bertz CT molecular complexity index is 2130. The first-order chi connectivity index (χ1) is 18.8. The lowest BCUT2D eigenvalue weighted by Gasteiger charge is -2.10. The van der Waals surface area contributed by atoms with Crippen LogP contribution in [0.25, 0.3) is 70.2 Å². The van der Waals surface area contributed by atoms with Gasteiger partial charge in [-0.2, -0.15) is 0 Å². The lowest BCUT2D eigenvalue weighted by atomic mass is 10.1. The van der Waals surface area contributed by atoms with E-state index < -0.39 is 0 Å². The first-order valence-corrected chi connectivity index (χ1v) is 13.3. The zero-order chi connectivity index (χ0) is 25.1. The minimum absolute atomic E-state index is 0.860. The highest BCUT2D eigenvalue weighted by Crippen LogP contribution is 2.40. The van der Waals surface area contributed by atoms with Gasteiger partial charge in [0.05, 0.1) is 16.6 Å². The quantitative estimate of drug-likeness (QED) is 0.242. The van der Waals surface area contributed by atoms with Gasteiger partial charge in [0.15, 0.2) is 0 Å². The molecule has 8 rings (SSSR count). The van der Waals surface area contributed by atoms with Gasteiger partial charge in [0.1, 0.15) is 5.82 Å². The highest BCUT2D eigenvalue weighted by molar-refractivity contribution is 7.25. The second kappa shape index (κ2) is 8.33. The Kier molecular flexibility index (Phi) is 4.66. The minimum Gasteiger partial charge on any atom is -0.292 e. The number of fused-ring (bicyclic) bond motifs is 6. The molecule has 0 saturated heterocycles. The molecule has 0 amide bonds. The van der Waals surface area contributed by atoms with E-state index in [1.807, 2.05) is 48.1 Å². The maximum atomic E-state index is 5.03. The normalized spacial score (nSPS) is 11.7. The third kappa shape index (κ3) is 3.26. The van der Waals surface area contributed by atoms with Crippen LogP contribution in [0.5, 0.6) is 0 Å². The van der Waals surface area contributed by atoms with Crippen molar-refractivity contribution in [2.45, 2.75) is 0 Å². The summed E-state index contributed by atoms with van der Waals surface area (Å²) in [5, 5.41) is 3.68. The molecule has 0 fully saturated rings. The maximum absolute atomic E-state index is 5.03. The average molecular weight is 505 g/mol. The van der Waals surface area contributed by atoms with Gasteiger partial charge in [-0.1, -0.05) is 54.6 Å². The average Bonchev–Trinajstić information content (AvgIpc) is 3.51. The van der Waals surface area contributed by atoms with E-state index in [4.69, 9.17) is 9.97 Å². The van der Waals surface area contributed by atoms with Crippen LogP contribution in [0.3, 0.4) is 0 Å². The molecular weight excluding hydrogens is 484 g/mol. The van der Waals surface area contributed by atoms with Crippen molar-refractivity contribution in [3.8, 4) is 28.1 Å². The molecule has 38 heavy (non-hydrogen) atoms. The third-order valence-corrected chi connectivity index (χ3v) is 8.31. The van der Waals surface area contributed by atoms with Crippen LogP contribution in [0.4, 0.5) is 0 Å². The molecule has 0 aliphatic carbocycles. The zero-order valence-electron chi connectivity index (χ0n) is 20.2. The lowest BCUT2D eigenvalue weighted by Crippen LogP contribution is -1.98. The van der Waals surface area contributed by atoms with Crippen molar-refractivity contribution in [3.63, 3.8) is 0 Å². The van der Waals surface area contributed by atoms with Crippen molar-refractivity contribution >= 4 is 53.4 Å². The van der Waals surface area contributed by atoms with E-state index >= 15 is 0 Å². The summed E-state index contributed by atoms with van der Waals surface area (Å²) in [4.78, 5) is 14.2. The van der Waals surface area contributed by atoms with E-state index in [1.54, 1.807) is 6.20 Å². The van der Waals surface area contributed by atoms with Crippen molar-refractivity contribution in [2.75, 3.05) is 0 Å². The molecule has 0 unspecified atom stereocenters. The van der Waals surface area contributed by atoms with Gasteiger partial charge in [-0.15, -0.1) is 11.3 Å². The first-order valence-electron chi connectivity index (χ1n) is 12.5. The summed E-state index contributed by atoms with van der Waals surface area (Å²) in [6, 6.07) is 34.1. The Balaban J connectivity index is 1.47. The van der Waals surface area contributed by atoms with Crippen LogP contribution in [0.2, 0.25) is 0 Å². The summed E-state index contributed by atoms with van der Waals surface area (Å²) in [7, 11) is 0. The van der Waals surface area contributed by atoms with Gasteiger partial charge < -0.3 is 0 Å². The molecular formula is C33H20N4S. The molecule has 0 spiro atoms. The number of benzene rings is 3. The van der Waals surface area contributed by atoms with Gasteiger partial charge in [-0.05, 0) is 53.6 Å². The largest absolute Gasteiger partial charge is 0.292 e. The van der Waals surface area contributed by atoms with Crippen molar-refractivity contribution in [2.24, 2.45) is 0 Å². The van der Waals surface area contributed by atoms with Crippen LogP contribution in [-0.4, -0.2) is 19.5 Å². The highest BCUT2D eigenvalue weighted by atomic mass is 32.1. The van der Waals surface area contributed by atoms with Crippen LogP contribution in [0, 0.1) is 0 Å². The molecule has 3 aromatic carbocycles. The molecule has 0 atom stereocenters. The molecule has 5 heteroatoms. The van der Waals surface area contributed by atoms with E-state index in [-0.39, 0.29) is 0 Å². The standard InChI is InChI=1S/C33H20N4S/c1-2-7-21(8-3-1)24-15-29-33(36-20-24)27-17-26-25-10-4-5-11-30(25)38-31(26)18-28(27)37(29)32-16-22(12-14-35-32)23-9-6-13-34-19-23/h1-20H. The molecule has 178 valence electrons. The summed E-state index contributed by atoms with van der Waals surface area (Å²) in [5.74, 6) is 0.860. The molecule has 0 bridgehead atoms. The van der Waals surface area contributed by atoms with Crippen molar-refractivity contribution in [1.82, 2.24) is 19.5 Å². The fourth-order valence-electron chi connectivity index (χ4n) is 5.39. The monoisotopic (exact) mass is 504 g/mol. The predicted molar refractivity (Wildman–Crippen MR) is 158 cm³/mol. The number of aromatic nitrogens is 4. The summed E-state index contributed by atoms with van der Waals surface area (Å²) in [5.41, 5.74) is 7.48. The second-order valence-electron chi connectivity index (χ2n) is 9.40. The Morgan fingerprint density at radius 1 is 0.526 bits per heavy atom. The number of hydrogen-bond acceptors (Lipinski definition) is 4. The number of thiophene rings is 1. The fourth-order valence-corrected chi connectivity index (χ4v) is 6.51. The van der Waals surface area contributed by atoms with Crippen LogP contribution < -0.4 is 0 Å². The Labute approximate surface area is 222 Å². The van der Waals surface area contributed by atoms with E-state index in [0.717, 1.165) is 50.0 Å². The number of hydrogen-bond donors (Lipinski definition) is 0. The molecule has 5 aromatic heterocycles. The summed E-state index contributed by atoms with van der Waals surface area (Å²) < 4.78 is 4.81. The number of nitrogens with zero attached hydrogens (tertiary/aromatic N) is 4. The molecule has 0 radical (unpaired) electrons. The van der Waals surface area contributed by atoms with Crippen molar-refractivity contribution in [1.29, 1.82) is 0 Å². The van der Waals surface area contributed by atoms with Crippen molar-refractivity contribution in [3.05, 3.63) is 122 Å². The maximum Gasteiger partial charge on any atom is 0.138 e. The fraction of sp³-hybridized carbons (Fsp3) is 0. The number of pyridine rings is 3. The third-order valence-electron chi connectivity index (χ3n) is 7.18. The van der Waals surface area contributed by atoms with E-state index in [9.17, 15) is 0 Å². The molecule has 0 N–H and O–H groups in total. The summed E-state index contributed by atoms with van der Waals surface area (Å²) in [6.07, 6.45) is 7.55. The van der Waals surface area contributed by atoms with E-state index in [2.05, 4.69) is 88.4 Å². The Morgan fingerprint density at radius 2 is 1.39 bits per heavy atom. The molecule has 0 aliphatic heterocycles. The molecule has 4 nitrogen and oxygen atoms in total. The molecule has 5 heterocycles. The predicted octanol–water partition coefficient (Wildman–Crippen LogP) is 8.67. The number of rotatable bonds is 3. The van der Waals surface area contributed by atoms with Crippen LogP contribution >= 0.6 is 11.3 Å². The van der Waals surface area contributed by atoms with Gasteiger partial charge in [0, 0.05) is 61.5 Å². The topological polar surface area (TPSA) is 43.6 Å². The Morgan fingerprint density at radius 3 is 2.29 bits per heavy atom. The van der Waals surface area contributed by atoms with Gasteiger partial charge in [0.25, 0.3) is 0 Å². The van der Waals surface area contributed by atoms with Gasteiger partial charge in [0.2, 0.25) is 0 Å². The molecule has 0 aliphatic rings. The Hall–Kier alpha value is -4.87. The zero-order valence-corrected chi connectivity index (χ0v) is 21.1. The summed E-state index contributed by atoms with van der Waals surface area (Å²) >= 11 is 1.83. The highest BCUT2D eigenvalue weighted by Gasteiger charge is 2.18. The second-order valence-corrected chi connectivity index (χ2v) is 10.5. The SMILES string of the molecule is c1ccc(-c2cnc3c4cc5c(cc4n(-c4cc(-c6cccnc6)ccn4)c3c2)sc2ccccc25)cc1. The van der Waals surface area contributed by atoms with Crippen LogP contribution in [-0.2, 0) is 0 Å². The molecule has 8 aromatic rings.